The predicted molar refractivity (Wildman–Crippen MR) is 166 cm³/mol. The summed E-state index contributed by atoms with van der Waals surface area (Å²) in [6.07, 6.45) is 21.6. The second-order valence-corrected chi connectivity index (χ2v) is 11.9. The first kappa shape index (κ1) is 35.0. The van der Waals surface area contributed by atoms with Crippen LogP contribution in [0, 0.1) is 12.8 Å². The summed E-state index contributed by atoms with van der Waals surface area (Å²) in [5.41, 5.74) is 0.346. The molecule has 0 radical (unpaired) electrons. The molecule has 0 spiro atoms. The summed E-state index contributed by atoms with van der Waals surface area (Å²) in [5, 5.41) is 3.63. The molecular weight excluding hydrogens is 537 g/mol. The molecule has 0 aromatic heterocycles. The number of carbonyl (C=O) groups excluding carboxylic acids is 2. The molecule has 1 rings (SSSR count). The number of amides is 1. The number of rotatable bonds is 21. The van der Waals surface area contributed by atoms with E-state index >= 15 is 0 Å². The van der Waals surface area contributed by atoms with Crippen molar-refractivity contribution in [2.75, 3.05) is 5.88 Å². The van der Waals surface area contributed by atoms with Crippen LogP contribution >= 0.6 is 34.8 Å². The van der Waals surface area contributed by atoms with Crippen molar-refractivity contribution in [3.8, 4) is 0 Å². The second kappa shape index (κ2) is 19.9. The molecule has 216 valence electrons. The number of aryl methyl sites for hydroxylation is 1. The number of benzene rings is 1. The number of hydrogen-bond donors (Lipinski definition) is 1. The summed E-state index contributed by atoms with van der Waals surface area (Å²) in [6, 6.07) is 3.43. The molecule has 2 unspecified atom stereocenters. The quantitative estimate of drug-likeness (QED) is 0.0884. The van der Waals surface area contributed by atoms with Crippen LogP contribution in [0.5, 0.6) is 0 Å². The molecule has 0 aliphatic rings. The van der Waals surface area contributed by atoms with E-state index in [-0.39, 0.29) is 22.6 Å². The van der Waals surface area contributed by atoms with E-state index in [2.05, 4.69) is 24.4 Å². The van der Waals surface area contributed by atoms with Crippen molar-refractivity contribution in [3.05, 3.63) is 45.5 Å². The van der Waals surface area contributed by atoms with Gasteiger partial charge in [-0.2, -0.15) is 0 Å². The third-order valence-electron chi connectivity index (χ3n) is 7.65. The van der Waals surface area contributed by atoms with Crippen molar-refractivity contribution in [1.82, 2.24) is 5.32 Å². The van der Waals surface area contributed by atoms with Crippen LogP contribution in [0.4, 0.5) is 0 Å². The SMILES string of the molecule is CCCCCCCC/C=C\CCCCCCCC(=O)C(CCl)C(C)(CC)NC(=O)c1ccc(C)c(Cl)c1Cl. The van der Waals surface area contributed by atoms with Gasteiger partial charge in [-0.25, -0.2) is 0 Å². The summed E-state index contributed by atoms with van der Waals surface area (Å²) >= 11 is 18.8. The molecule has 0 aliphatic carbocycles. The number of hydrogen-bond acceptors (Lipinski definition) is 2. The van der Waals surface area contributed by atoms with E-state index in [0.717, 1.165) is 31.2 Å². The number of allylic oxidation sites excluding steroid dienone is 2. The minimum Gasteiger partial charge on any atom is -0.346 e. The van der Waals surface area contributed by atoms with Gasteiger partial charge >= 0.3 is 0 Å². The van der Waals surface area contributed by atoms with Crippen molar-refractivity contribution in [3.63, 3.8) is 0 Å². The number of alkyl halides is 1. The highest BCUT2D eigenvalue weighted by Gasteiger charge is 2.38. The Hall–Kier alpha value is -1.03. The van der Waals surface area contributed by atoms with Crippen LogP contribution in [0.15, 0.2) is 24.3 Å². The third-order valence-corrected chi connectivity index (χ3v) is 8.94. The van der Waals surface area contributed by atoms with Gasteiger partial charge in [0.2, 0.25) is 0 Å². The van der Waals surface area contributed by atoms with Crippen LogP contribution in [0.2, 0.25) is 10.0 Å². The highest BCUT2D eigenvalue weighted by atomic mass is 35.5. The molecule has 3 nitrogen and oxygen atoms in total. The maximum atomic E-state index is 13.1. The van der Waals surface area contributed by atoms with E-state index in [1.165, 1.54) is 57.8 Å². The zero-order valence-corrected chi connectivity index (χ0v) is 26.4. The van der Waals surface area contributed by atoms with Gasteiger partial charge < -0.3 is 5.32 Å². The van der Waals surface area contributed by atoms with Gasteiger partial charge in [0.15, 0.2) is 0 Å². The van der Waals surface area contributed by atoms with Crippen molar-refractivity contribution >= 4 is 46.5 Å². The molecule has 1 N–H and O–H groups in total. The van der Waals surface area contributed by atoms with Gasteiger partial charge in [-0.15, -0.1) is 11.6 Å². The number of ketones is 1. The van der Waals surface area contributed by atoms with Crippen LogP contribution in [0.1, 0.15) is 133 Å². The fourth-order valence-corrected chi connectivity index (χ4v) is 5.70. The average molecular weight is 587 g/mol. The Balaban J connectivity index is 2.37. The molecule has 1 aromatic rings. The molecule has 1 aromatic carbocycles. The molecule has 0 fully saturated rings. The maximum absolute atomic E-state index is 13.1. The van der Waals surface area contributed by atoms with E-state index in [1.807, 2.05) is 20.8 Å². The minimum atomic E-state index is -0.765. The van der Waals surface area contributed by atoms with Crippen molar-refractivity contribution < 1.29 is 9.59 Å². The molecule has 1 amide bonds. The number of Topliss-reactive ketones (excluding diaryl/α,β-unsaturated/α-hetero) is 1. The van der Waals surface area contributed by atoms with Crippen LogP contribution in [-0.4, -0.2) is 23.1 Å². The minimum absolute atomic E-state index is 0.107. The number of carbonyl (C=O) groups is 2. The fraction of sp³-hybridized carbons (Fsp3) is 0.688. The molecule has 6 heteroatoms. The van der Waals surface area contributed by atoms with Crippen LogP contribution in [0.3, 0.4) is 0 Å². The number of nitrogens with one attached hydrogen (secondary N) is 1. The summed E-state index contributed by atoms with van der Waals surface area (Å²) in [6.45, 7) is 7.94. The van der Waals surface area contributed by atoms with Crippen LogP contribution in [-0.2, 0) is 4.79 Å². The standard InChI is InChI=1S/C32H50Cl3NO2/c1-5-7-8-9-10-11-12-13-14-15-16-17-18-19-20-21-28(37)27(24-33)32(4,6-2)36-31(38)26-23-22-25(3)29(34)30(26)35/h13-14,22-23,27H,5-12,15-21,24H2,1-4H3,(H,36,38)/b14-13-. The summed E-state index contributed by atoms with van der Waals surface area (Å²) in [4.78, 5) is 26.1. The second-order valence-electron chi connectivity index (χ2n) is 10.8. The zero-order valence-electron chi connectivity index (χ0n) is 24.2. The molecule has 0 saturated carbocycles. The van der Waals surface area contributed by atoms with Gasteiger partial charge in [0.1, 0.15) is 5.78 Å². The zero-order chi connectivity index (χ0) is 28.4. The Morgan fingerprint density at radius 3 is 1.97 bits per heavy atom. The van der Waals surface area contributed by atoms with E-state index in [4.69, 9.17) is 34.8 Å². The van der Waals surface area contributed by atoms with Crippen molar-refractivity contribution in [1.29, 1.82) is 0 Å². The van der Waals surface area contributed by atoms with E-state index < -0.39 is 11.5 Å². The smallest absolute Gasteiger partial charge is 0.253 e. The van der Waals surface area contributed by atoms with E-state index in [9.17, 15) is 9.59 Å². The third kappa shape index (κ3) is 12.4. The number of unbranched alkanes of at least 4 members (excludes halogenated alkanes) is 11. The average Bonchev–Trinajstić information content (AvgIpc) is 2.89. The Morgan fingerprint density at radius 2 is 1.42 bits per heavy atom. The van der Waals surface area contributed by atoms with Crippen LogP contribution < -0.4 is 5.32 Å². The van der Waals surface area contributed by atoms with E-state index in [0.29, 0.717) is 23.4 Å². The Bertz CT molecular complexity index is 871. The monoisotopic (exact) mass is 585 g/mol. The number of halogens is 3. The normalized spacial score (nSPS) is 14.0. The first-order chi connectivity index (χ1) is 18.2. The van der Waals surface area contributed by atoms with Crippen LogP contribution in [0.25, 0.3) is 0 Å². The fourth-order valence-electron chi connectivity index (χ4n) is 4.73. The first-order valence-corrected chi connectivity index (χ1v) is 16.0. The largest absolute Gasteiger partial charge is 0.346 e. The van der Waals surface area contributed by atoms with Crippen molar-refractivity contribution in [2.45, 2.75) is 130 Å². The summed E-state index contributed by atoms with van der Waals surface area (Å²) in [7, 11) is 0. The first-order valence-electron chi connectivity index (χ1n) is 14.7. The van der Waals surface area contributed by atoms with Gasteiger partial charge in [-0.3, -0.25) is 9.59 Å². The molecule has 0 bridgehead atoms. The van der Waals surface area contributed by atoms with Gasteiger partial charge in [-0.05, 0) is 64.0 Å². The molecule has 0 heterocycles. The van der Waals surface area contributed by atoms with E-state index in [1.54, 1.807) is 12.1 Å². The highest BCUT2D eigenvalue weighted by Crippen LogP contribution is 2.31. The molecule has 0 saturated heterocycles. The maximum Gasteiger partial charge on any atom is 0.253 e. The van der Waals surface area contributed by atoms with Gasteiger partial charge in [-0.1, -0.05) is 107 Å². The summed E-state index contributed by atoms with van der Waals surface area (Å²) in [5.74, 6) is -0.535. The Morgan fingerprint density at radius 1 is 0.868 bits per heavy atom. The van der Waals surface area contributed by atoms with Gasteiger partial charge in [0, 0.05) is 17.8 Å². The lowest BCUT2D eigenvalue weighted by Crippen LogP contribution is -2.54. The highest BCUT2D eigenvalue weighted by molar-refractivity contribution is 6.44. The van der Waals surface area contributed by atoms with Gasteiger partial charge in [0.25, 0.3) is 5.91 Å². The topological polar surface area (TPSA) is 46.2 Å². The lowest BCUT2D eigenvalue weighted by atomic mass is 9.80. The molecule has 2 atom stereocenters. The Kier molecular flexibility index (Phi) is 18.4. The molecule has 38 heavy (non-hydrogen) atoms. The van der Waals surface area contributed by atoms with Crippen molar-refractivity contribution in [2.24, 2.45) is 5.92 Å². The Labute approximate surface area is 247 Å². The lowest BCUT2D eigenvalue weighted by molar-refractivity contribution is -0.124. The predicted octanol–water partition coefficient (Wildman–Crippen LogP) is 10.7. The molecule has 0 aliphatic heterocycles. The molecular formula is C32H50Cl3NO2. The van der Waals surface area contributed by atoms with Gasteiger partial charge in [0.05, 0.1) is 21.5 Å². The lowest BCUT2D eigenvalue weighted by Gasteiger charge is -2.36. The summed E-state index contributed by atoms with van der Waals surface area (Å²) < 4.78 is 0.